The molecule has 5 nitrogen and oxygen atoms in total. The fourth-order valence-electron chi connectivity index (χ4n) is 5.10. The second-order valence-corrected chi connectivity index (χ2v) is 9.04. The molecule has 1 N–H and O–H groups in total. The minimum absolute atomic E-state index is 0.166. The largest absolute Gasteiger partial charge is 0.393 e. The number of amides is 1. The molecule has 1 unspecified atom stereocenters. The van der Waals surface area contributed by atoms with Crippen molar-refractivity contribution in [3.63, 3.8) is 0 Å². The highest BCUT2D eigenvalue weighted by Crippen LogP contribution is 2.41. The Morgan fingerprint density at radius 3 is 2.64 bits per heavy atom. The Bertz CT molecular complexity index is 626. The maximum atomic E-state index is 13.5. The zero-order valence-electron chi connectivity index (χ0n) is 15.1. The first-order valence-electron chi connectivity index (χ1n) is 9.74. The molecule has 1 spiro atoms. The fraction of sp³-hybridized carbons (Fsp3) is 0.789. The molecule has 2 aliphatic heterocycles. The minimum atomic E-state index is -0.300. The summed E-state index contributed by atoms with van der Waals surface area (Å²) in [7, 11) is 0. The molecule has 0 radical (unpaired) electrons. The molecule has 1 atom stereocenters. The van der Waals surface area contributed by atoms with E-state index in [0.717, 1.165) is 81.7 Å². The third kappa shape index (κ3) is 3.24. The lowest BCUT2D eigenvalue weighted by Crippen LogP contribution is -2.62. The van der Waals surface area contributed by atoms with Crippen molar-refractivity contribution in [3.8, 4) is 0 Å². The normalized spacial score (nSPS) is 34.2. The molecule has 0 bridgehead atoms. The number of nitrogens with zero attached hydrogens (tertiary/aromatic N) is 3. The van der Waals surface area contributed by atoms with Crippen molar-refractivity contribution in [2.24, 2.45) is 0 Å². The Balaban J connectivity index is 1.51. The van der Waals surface area contributed by atoms with Gasteiger partial charge in [-0.1, -0.05) is 0 Å². The summed E-state index contributed by atoms with van der Waals surface area (Å²) >= 11 is 1.69. The maximum absolute atomic E-state index is 13.5. The Kier molecular flexibility index (Phi) is 4.86. The van der Waals surface area contributed by atoms with Crippen molar-refractivity contribution in [2.45, 2.75) is 82.5 Å². The lowest BCUT2D eigenvalue weighted by atomic mass is 9.82. The third-order valence-electron chi connectivity index (χ3n) is 6.40. The van der Waals surface area contributed by atoms with Crippen LogP contribution in [0.25, 0.3) is 0 Å². The summed E-state index contributed by atoms with van der Waals surface area (Å²) in [6.45, 7) is 4.73. The zero-order valence-corrected chi connectivity index (χ0v) is 15.9. The molecule has 1 amide bonds. The summed E-state index contributed by atoms with van der Waals surface area (Å²) in [5.74, 6) is 0.351. The van der Waals surface area contributed by atoms with Crippen molar-refractivity contribution in [2.75, 3.05) is 13.1 Å². The predicted octanol–water partition coefficient (Wildman–Crippen LogP) is 2.71. The topological polar surface area (TPSA) is 56.7 Å². The number of hydrogen-bond acceptors (Lipinski definition) is 5. The van der Waals surface area contributed by atoms with Gasteiger partial charge in [0.15, 0.2) is 0 Å². The highest BCUT2D eigenvalue weighted by molar-refractivity contribution is 7.09. The molecular weight excluding hydrogens is 334 g/mol. The van der Waals surface area contributed by atoms with Crippen LogP contribution in [0.1, 0.15) is 62.1 Å². The molecule has 1 saturated carbocycles. The molecule has 3 fully saturated rings. The number of aliphatic hydroxyl groups is 1. The third-order valence-corrected chi connectivity index (χ3v) is 7.22. The zero-order chi connectivity index (χ0) is 17.4. The number of likely N-dealkylation sites (tertiary alicyclic amines) is 2. The number of aromatic nitrogens is 1. The van der Waals surface area contributed by atoms with Gasteiger partial charge >= 0.3 is 0 Å². The molecule has 3 aliphatic rings. The molecular formula is C19H29N3O2S. The first-order chi connectivity index (χ1) is 12.1. The highest BCUT2D eigenvalue weighted by atomic mass is 32.1. The monoisotopic (exact) mass is 363 g/mol. The van der Waals surface area contributed by atoms with E-state index in [9.17, 15) is 9.90 Å². The number of rotatable bonds is 3. The van der Waals surface area contributed by atoms with Gasteiger partial charge in [0, 0.05) is 24.5 Å². The summed E-state index contributed by atoms with van der Waals surface area (Å²) < 4.78 is 0. The summed E-state index contributed by atoms with van der Waals surface area (Å²) in [4.78, 5) is 22.7. The lowest BCUT2D eigenvalue weighted by Gasteiger charge is -2.48. The van der Waals surface area contributed by atoms with Gasteiger partial charge in [0.05, 0.1) is 16.8 Å². The maximum Gasteiger partial charge on any atom is 0.243 e. The Labute approximate surface area is 154 Å². The van der Waals surface area contributed by atoms with Crippen LogP contribution in [0.4, 0.5) is 0 Å². The summed E-state index contributed by atoms with van der Waals surface area (Å²) in [6.07, 6.45) is 7.58. The molecule has 1 aliphatic carbocycles. The van der Waals surface area contributed by atoms with Gasteiger partial charge in [0.25, 0.3) is 0 Å². The fourth-order valence-corrected chi connectivity index (χ4v) is 5.71. The molecule has 138 valence electrons. The number of piperidine rings is 1. The average molecular weight is 364 g/mol. The Morgan fingerprint density at radius 2 is 1.96 bits per heavy atom. The second kappa shape index (κ2) is 6.97. The van der Waals surface area contributed by atoms with Crippen molar-refractivity contribution in [3.05, 3.63) is 16.1 Å². The van der Waals surface area contributed by atoms with Gasteiger partial charge in [-0.2, -0.15) is 0 Å². The molecule has 3 heterocycles. The molecule has 0 aromatic carbocycles. The Morgan fingerprint density at radius 1 is 1.24 bits per heavy atom. The predicted molar refractivity (Wildman–Crippen MR) is 98.4 cm³/mol. The van der Waals surface area contributed by atoms with Crippen LogP contribution in [0, 0.1) is 6.92 Å². The van der Waals surface area contributed by atoms with Crippen molar-refractivity contribution in [1.82, 2.24) is 14.8 Å². The smallest absolute Gasteiger partial charge is 0.243 e. The van der Waals surface area contributed by atoms with E-state index in [4.69, 9.17) is 0 Å². The van der Waals surface area contributed by atoms with Crippen LogP contribution < -0.4 is 0 Å². The number of aliphatic hydroxyl groups excluding tert-OH is 1. The van der Waals surface area contributed by atoms with E-state index in [1.807, 2.05) is 6.92 Å². The number of aryl methyl sites for hydroxylation is 1. The van der Waals surface area contributed by atoms with Crippen LogP contribution >= 0.6 is 11.3 Å². The van der Waals surface area contributed by atoms with Gasteiger partial charge in [-0.15, -0.1) is 11.3 Å². The van der Waals surface area contributed by atoms with Crippen LogP contribution in [-0.4, -0.2) is 56.6 Å². The van der Waals surface area contributed by atoms with Gasteiger partial charge in [-0.05, 0) is 64.8 Å². The minimum Gasteiger partial charge on any atom is -0.393 e. The van der Waals surface area contributed by atoms with E-state index >= 15 is 0 Å². The van der Waals surface area contributed by atoms with E-state index in [0.29, 0.717) is 11.9 Å². The number of carbonyl (C=O) groups excluding carboxylic acids is 1. The summed E-state index contributed by atoms with van der Waals surface area (Å²) in [5.41, 5.74) is 0.806. The van der Waals surface area contributed by atoms with Crippen LogP contribution in [0.2, 0.25) is 0 Å². The van der Waals surface area contributed by atoms with E-state index in [2.05, 4.69) is 20.2 Å². The van der Waals surface area contributed by atoms with E-state index < -0.39 is 0 Å². The van der Waals surface area contributed by atoms with Crippen LogP contribution in [0.3, 0.4) is 0 Å². The van der Waals surface area contributed by atoms with Crippen molar-refractivity contribution in [1.29, 1.82) is 0 Å². The first-order valence-corrected chi connectivity index (χ1v) is 10.6. The van der Waals surface area contributed by atoms with Crippen LogP contribution in [0.15, 0.2) is 5.38 Å². The standard InChI is InChI=1S/C19H29N3O2S/c1-14-20-15(13-25-14)12-21-10-2-8-19(21)9-3-11-22(18(19)24)16-4-6-17(23)7-5-16/h13,16-17,23H,2-12H2,1H3. The quantitative estimate of drug-likeness (QED) is 0.897. The Hall–Kier alpha value is -0.980. The molecule has 2 saturated heterocycles. The molecule has 6 heteroatoms. The van der Waals surface area contributed by atoms with Gasteiger partial charge in [0.1, 0.15) is 5.54 Å². The highest BCUT2D eigenvalue weighted by Gasteiger charge is 2.52. The first kappa shape index (κ1) is 17.4. The van der Waals surface area contributed by atoms with Crippen LogP contribution in [0.5, 0.6) is 0 Å². The molecule has 1 aromatic heterocycles. The number of carbonyl (C=O) groups is 1. The number of hydrogen-bond donors (Lipinski definition) is 1. The summed E-state index contributed by atoms with van der Waals surface area (Å²) in [6, 6.07) is 0.331. The summed E-state index contributed by atoms with van der Waals surface area (Å²) in [5, 5.41) is 13.0. The van der Waals surface area contributed by atoms with Crippen LogP contribution in [-0.2, 0) is 11.3 Å². The molecule has 1 aromatic rings. The number of thiazole rings is 1. The average Bonchev–Trinajstić information content (AvgIpc) is 3.19. The van der Waals surface area contributed by atoms with Crippen molar-refractivity contribution >= 4 is 17.2 Å². The van der Waals surface area contributed by atoms with Gasteiger partial charge < -0.3 is 10.0 Å². The van der Waals surface area contributed by atoms with Crippen molar-refractivity contribution < 1.29 is 9.90 Å². The van der Waals surface area contributed by atoms with E-state index in [1.54, 1.807) is 11.3 Å². The molecule has 25 heavy (non-hydrogen) atoms. The second-order valence-electron chi connectivity index (χ2n) is 7.98. The van der Waals surface area contributed by atoms with Gasteiger partial charge in [-0.3, -0.25) is 9.69 Å². The van der Waals surface area contributed by atoms with Gasteiger partial charge in [0.2, 0.25) is 5.91 Å². The molecule has 4 rings (SSSR count). The SMILES string of the molecule is Cc1nc(CN2CCCC23CCCN(C2CCC(O)CC2)C3=O)cs1. The van der Waals surface area contributed by atoms with E-state index in [-0.39, 0.29) is 11.6 Å². The van der Waals surface area contributed by atoms with Gasteiger partial charge in [-0.25, -0.2) is 4.98 Å². The van der Waals surface area contributed by atoms with E-state index in [1.165, 1.54) is 0 Å². The lowest BCUT2D eigenvalue weighted by molar-refractivity contribution is -0.152.